The van der Waals surface area contributed by atoms with Gasteiger partial charge in [0.1, 0.15) is 10.6 Å². The molecular formula is C31H42N4O4S2. The molecule has 1 atom stereocenters. The zero-order valence-electron chi connectivity index (χ0n) is 24.4. The number of nitrogens with zero attached hydrogens (tertiary/aromatic N) is 4. The molecule has 222 valence electrons. The molecule has 2 aromatic carbocycles. The Morgan fingerprint density at radius 1 is 1.00 bits per heavy atom. The standard InChI is InChI=1S/C31H42N4O4S2/c1-4-5-21-39-25-7-10-27(11-8-25)41(37,38)30-23-32-29-12-9-26(40(3)36)22-28(29)31(30)35-17-13-24(14-18-35)34-16-6-15-33(2)19-20-34/h7-12,22-24H,4-6,13-21H2,1-3H3. The van der Waals surface area contributed by atoms with E-state index in [9.17, 15) is 12.6 Å². The minimum absolute atomic E-state index is 0.193. The van der Waals surface area contributed by atoms with E-state index < -0.39 is 20.6 Å². The first-order chi connectivity index (χ1) is 19.8. The van der Waals surface area contributed by atoms with Gasteiger partial charge in [0.25, 0.3) is 0 Å². The van der Waals surface area contributed by atoms with Gasteiger partial charge in [-0.2, -0.15) is 0 Å². The highest BCUT2D eigenvalue weighted by molar-refractivity contribution is 7.91. The lowest BCUT2D eigenvalue weighted by Crippen LogP contribution is -2.46. The third kappa shape index (κ3) is 6.77. The van der Waals surface area contributed by atoms with Crippen LogP contribution in [0.5, 0.6) is 5.75 Å². The molecule has 1 unspecified atom stereocenters. The molecule has 8 nitrogen and oxygen atoms in total. The maximum atomic E-state index is 14.1. The van der Waals surface area contributed by atoms with Crippen LogP contribution in [0.25, 0.3) is 10.9 Å². The number of hydrogen-bond acceptors (Lipinski definition) is 8. The second kappa shape index (κ2) is 13.2. The smallest absolute Gasteiger partial charge is 0.210 e. The van der Waals surface area contributed by atoms with E-state index in [-0.39, 0.29) is 9.79 Å². The van der Waals surface area contributed by atoms with Crippen molar-refractivity contribution >= 4 is 37.2 Å². The van der Waals surface area contributed by atoms with Gasteiger partial charge in [0.15, 0.2) is 0 Å². The third-order valence-electron chi connectivity index (χ3n) is 8.35. The summed E-state index contributed by atoms with van der Waals surface area (Å²) >= 11 is 0. The maximum absolute atomic E-state index is 14.1. The molecule has 0 aliphatic carbocycles. The summed E-state index contributed by atoms with van der Waals surface area (Å²) in [5.41, 5.74) is 1.37. The van der Waals surface area contributed by atoms with Crippen molar-refractivity contribution in [2.75, 3.05) is 64.1 Å². The van der Waals surface area contributed by atoms with Crippen LogP contribution in [-0.2, 0) is 20.6 Å². The number of aromatic nitrogens is 1. The van der Waals surface area contributed by atoms with Crippen molar-refractivity contribution in [2.45, 2.75) is 59.8 Å². The highest BCUT2D eigenvalue weighted by Gasteiger charge is 2.31. The molecule has 0 amide bonds. The minimum atomic E-state index is -3.88. The van der Waals surface area contributed by atoms with Crippen molar-refractivity contribution < 1.29 is 17.4 Å². The minimum Gasteiger partial charge on any atom is -0.494 e. The van der Waals surface area contributed by atoms with E-state index in [2.05, 4.69) is 33.7 Å². The van der Waals surface area contributed by atoms with Crippen LogP contribution in [0, 0.1) is 0 Å². The first-order valence-corrected chi connectivity index (χ1v) is 17.7. The van der Waals surface area contributed by atoms with Gasteiger partial charge in [-0.15, -0.1) is 0 Å². The maximum Gasteiger partial charge on any atom is 0.210 e. The molecule has 0 saturated carbocycles. The number of likely N-dealkylation sites (N-methyl/N-ethyl adjacent to an activating group) is 1. The molecule has 0 bridgehead atoms. The topological polar surface area (TPSA) is 83.0 Å². The molecule has 0 radical (unpaired) electrons. The normalized spacial score (nSPS) is 18.9. The molecule has 1 aromatic heterocycles. The van der Waals surface area contributed by atoms with Crippen molar-refractivity contribution in [3.63, 3.8) is 0 Å². The Labute approximate surface area is 247 Å². The fourth-order valence-electron chi connectivity index (χ4n) is 5.90. The number of ether oxygens (including phenoxy) is 1. The number of piperidine rings is 1. The van der Waals surface area contributed by atoms with Crippen molar-refractivity contribution in [2.24, 2.45) is 0 Å². The van der Waals surface area contributed by atoms with E-state index in [1.807, 2.05) is 18.2 Å². The summed E-state index contributed by atoms with van der Waals surface area (Å²) in [7, 11) is -2.90. The van der Waals surface area contributed by atoms with Gasteiger partial charge in [-0.25, -0.2) is 8.42 Å². The van der Waals surface area contributed by atoms with E-state index in [4.69, 9.17) is 4.74 Å². The van der Waals surface area contributed by atoms with Crippen LogP contribution in [0.1, 0.15) is 39.0 Å². The van der Waals surface area contributed by atoms with Gasteiger partial charge >= 0.3 is 0 Å². The zero-order chi connectivity index (χ0) is 29.0. The number of unbranched alkanes of at least 4 members (excludes halogenated alkanes) is 1. The van der Waals surface area contributed by atoms with Crippen LogP contribution in [-0.4, -0.2) is 92.6 Å². The zero-order valence-corrected chi connectivity index (χ0v) is 26.1. The summed E-state index contributed by atoms with van der Waals surface area (Å²) in [6.45, 7) is 8.60. The molecule has 0 N–H and O–H groups in total. The third-order valence-corrected chi connectivity index (χ3v) is 11.0. The molecule has 2 saturated heterocycles. The Kier molecular flexibility index (Phi) is 9.63. The predicted octanol–water partition coefficient (Wildman–Crippen LogP) is 4.59. The average molecular weight is 599 g/mol. The number of hydrogen-bond donors (Lipinski definition) is 0. The van der Waals surface area contributed by atoms with Gasteiger partial charge in [-0.05, 0) is 88.3 Å². The van der Waals surface area contributed by atoms with Crippen LogP contribution in [0.15, 0.2) is 63.3 Å². The summed E-state index contributed by atoms with van der Waals surface area (Å²) < 4.78 is 46.4. The van der Waals surface area contributed by atoms with E-state index in [0.29, 0.717) is 34.5 Å². The average Bonchev–Trinajstić information content (AvgIpc) is 3.21. The molecule has 2 aliphatic heterocycles. The fourth-order valence-corrected chi connectivity index (χ4v) is 7.88. The van der Waals surface area contributed by atoms with Crippen molar-refractivity contribution in [1.82, 2.24) is 14.8 Å². The van der Waals surface area contributed by atoms with Crippen LogP contribution in [0.4, 0.5) is 5.69 Å². The first kappa shape index (κ1) is 29.9. The summed E-state index contributed by atoms with van der Waals surface area (Å²) in [5.74, 6) is 0.658. The van der Waals surface area contributed by atoms with E-state index in [1.54, 1.807) is 30.5 Å². The Bertz CT molecular complexity index is 1470. The van der Waals surface area contributed by atoms with Gasteiger partial charge in [0.2, 0.25) is 9.84 Å². The summed E-state index contributed by atoms with van der Waals surface area (Å²) in [4.78, 5) is 12.8. The lowest BCUT2D eigenvalue weighted by molar-refractivity contribution is 0.174. The highest BCUT2D eigenvalue weighted by Crippen LogP contribution is 2.38. The Morgan fingerprint density at radius 2 is 1.76 bits per heavy atom. The molecule has 10 heteroatoms. The van der Waals surface area contributed by atoms with Crippen LogP contribution < -0.4 is 9.64 Å². The molecule has 3 heterocycles. The molecule has 2 aliphatic rings. The number of benzene rings is 2. The van der Waals surface area contributed by atoms with Gasteiger partial charge < -0.3 is 14.5 Å². The quantitative estimate of drug-likeness (QED) is 0.331. The van der Waals surface area contributed by atoms with Crippen LogP contribution in [0.3, 0.4) is 0 Å². The van der Waals surface area contributed by atoms with E-state index in [1.165, 1.54) is 12.6 Å². The molecular weight excluding hydrogens is 556 g/mol. The fraction of sp³-hybridized carbons (Fsp3) is 0.516. The predicted molar refractivity (Wildman–Crippen MR) is 165 cm³/mol. The SMILES string of the molecule is CCCCOc1ccc(S(=O)(=O)c2cnc3ccc(S(C)=O)cc3c2N2CCC(N3CCCN(C)CC3)CC2)cc1. The second-order valence-electron chi connectivity index (χ2n) is 11.2. The Hall–Kier alpha value is -2.53. The summed E-state index contributed by atoms with van der Waals surface area (Å²) in [6.07, 6.45) is 8.23. The molecule has 41 heavy (non-hydrogen) atoms. The lowest BCUT2D eigenvalue weighted by Gasteiger charge is -2.40. The summed E-state index contributed by atoms with van der Waals surface area (Å²) in [5, 5.41) is 0.730. The number of sulfone groups is 1. The first-order valence-electron chi connectivity index (χ1n) is 14.7. The van der Waals surface area contributed by atoms with Crippen LogP contribution in [0.2, 0.25) is 0 Å². The number of pyridine rings is 1. The summed E-state index contributed by atoms with van der Waals surface area (Å²) in [6, 6.07) is 12.7. The van der Waals surface area contributed by atoms with Crippen LogP contribution >= 0.6 is 0 Å². The van der Waals surface area contributed by atoms with Gasteiger partial charge in [-0.1, -0.05) is 13.3 Å². The number of anilines is 1. The number of fused-ring (bicyclic) bond motifs is 1. The molecule has 2 fully saturated rings. The van der Waals surface area contributed by atoms with E-state index >= 15 is 0 Å². The van der Waals surface area contributed by atoms with Gasteiger partial charge in [0, 0.05) is 65.8 Å². The Balaban J connectivity index is 1.49. The Morgan fingerprint density at radius 3 is 2.46 bits per heavy atom. The van der Waals surface area contributed by atoms with Crippen molar-refractivity contribution in [3.05, 3.63) is 48.7 Å². The van der Waals surface area contributed by atoms with Gasteiger partial charge in [-0.3, -0.25) is 14.1 Å². The van der Waals surface area contributed by atoms with Gasteiger partial charge in [0.05, 0.1) is 22.7 Å². The molecule has 0 spiro atoms. The molecule has 5 rings (SSSR count). The lowest BCUT2D eigenvalue weighted by atomic mass is 10.0. The largest absolute Gasteiger partial charge is 0.494 e. The number of rotatable bonds is 9. The second-order valence-corrected chi connectivity index (χ2v) is 14.5. The monoisotopic (exact) mass is 598 g/mol. The molecule has 3 aromatic rings. The van der Waals surface area contributed by atoms with Crippen molar-refractivity contribution in [3.8, 4) is 5.75 Å². The van der Waals surface area contributed by atoms with E-state index in [0.717, 1.165) is 70.3 Å². The van der Waals surface area contributed by atoms with Crippen molar-refractivity contribution in [1.29, 1.82) is 0 Å². The highest BCUT2D eigenvalue weighted by atomic mass is 32.2.